The Balaban J connectivity index is 1.30. The van der Waals surface area contributed by atoms with E-state index in [4.69, 9.17) is 9.26 Å². The van der Waals surface area contributed by atoms with Crippen LogP contribution in [0.1, 0.15) is 47.3 Å². The highest BCUT2D eigenvalue weighted by atomic mass is 16.5. The smallest absolute Gasteiger partial charge is 0.318 e. The largest absolute Gasteiger partial charge is 0.493 e. The number of benzene rings is 2. The topological polar surface area (TPSA) is 80.5 Å². The molecule has 2 amide bonds. The Hall–Kier alpha value is -3.35. The molecule has 0 saturated carbocycles. The van der Waals surface area contributed by atoms with Gasteiger partial charge in [-0.1, -0.05) is 47.1 Å². The second kappa shape index (κ2) is 9.64. The number of amides is 2. The second-order valence-corrected chi connectivity index (χ2v) is 7.96. The molecular weight excluding hydrogens is 392 g/mol. The van der Waals surface area contributed by atoms with Crippen molar-refractivity contribution in [2.45, 2.75) is 45.7 Å². The first-order chi connectivity index (χ1) is 15.1. The molecule has 0 aliphatic carbocycles. The molecule has 3 aromatic rings. The van der Waals surface area contributed by atoms with E-state index in [0.717, 1.165) is 29.7 Å². The van der Waals surface area contributed by atoms with Crippen LogP contribution in [0.2, 0.25) is 0 Å². The van der Waals surface area contributed by atoms with Crippen LogP contribution in [0.25, 0.3) is 0 Å². The summed E-state index contributed by atoms with van der Waals surface area (Å²) >= 11 is 0. The number of carbonyl (C=O) groups is 1. The van der Waals surface area contributed by atoms with E-state index in [9.17, 15) is 4.79 Å². The molecule has 162 valence electrons. The van der Waals surface area contributed by atoms with Crippen molar-refractivity contribution in [3.8, 4) is 5.75 Å². The highest BCUT2D eigenvalue weighted by Crippen LogP contribution is 2.30. The predicted molar refractivity (Wildman–Crippen MR) is 117 cm³/mol. The zero-order valence-electron chi connectivity index (χ0n) is 18.0. The Kier molecular flexibility index (Phi) is 6.50. The third-order valence-electron chi connectivity index (χ3n) is 5.43. The van der Waals surface area contributed by atoms with Crippen LogP contribution in [0, 0.1) is 13.8 Å². The fourth-order valence-corrected chi connectivity index (χ4v) is 3.72. The van der Waals surface area contributed by atoms with Gasteiger partial charge in [0.05, 0.1) is 6.61 Å². The predicted octanol–water partition coefficient (Wildman–Crippen LogP) is 4.35. The number of urea groups is 1. The van der Waals surface area contributed by atoms with E-state index >= 15 is 0 Å². The number of carbonyl (C=O) groups excluding carboxylic acids is 1. The number of ether oxygens (including phenoxy) is 1. The van der Waals surface area contributed by atoms with E-state index in [0.29, 0.717) is 37.8 Å². The molecule has 0 radical (unpaired) electrons. The van der Waals surface area contributed by atoms with Gasteiger partial charge in [-0.15, -0.1) is 0 Å². The lowest BCUT2D eigenvalue weighted by Crippen LogP contribution is -2.39. The maximum atomic E-state index is 12.7. The summed E-state index contributed by atoms with van der Waals surface area (Å²) in [6.45, 7) is 5.72. The quantitative estimate of drug-likeness (QED) is 0.614. The summed E-state index contributed by atoms with van der Waals surface area (Å²) < 4.78 is 11.3. The van der Waals surface area contributed by atoms with E-state index in [1.165, 1.54) is 5.56 Å². The third kappa shape index (κ3) is 5.42. The van der Waals surface area contributed by atoms with E-state index in [2.05, 4.69) is 15.5 Å². The van der Waals surface area contributed by atoms with Gasteiger partial charge in [-0.05, 0) is 49.9 Å². The lowest BCUT2D eigenvalue weighted by Gasteiger charge is -2.22. The lowest BCUT2D eigenvalue weighted by molar-refractivity contribution is 0.180. The van der Waals surface area contributed by atoms with E-state index in [-0.39, 0.29) is 12.1 Å². The number of hydrogen-bond donors (Lipinski definition) is 1. The van der Waals surface area contributed by atoms with Crippen LogP contribution in [0.3, 0.4) is 0 Å². The molecule has 1 aromatic heterocycles. The zero-order chi connectivity index (χ0) is 21.6. The molecule has 1 atom stereocenters. The average Bonchev–Trinajstić information content (AvgIpc) is 3.43. The van der Waals surface area contributed by atoms with Gasteiger partial charge < -0.3 is 19.5 Å². The van der Waals surface area contributed by atoms with Gasteiger partial charge in [0.25, 0.3) is 0 Å². The Bertz CT molecular complexity index is 1020. The minimum atomic E-state index is -0.183. The molecule has 7 heteroatoms. The van der Waals surface area contributed by atoms with Crippen molar-refractivity contribution in [1.82, 2.24) is 20.4 Å². The van der Waals surface area contributed by atoms with Crippen molar-refractivity contribution >= 4 is 6.03 Å². The number of aromatic nitrogens is 2. The van der Waals surface area contributed by atoms with E-state index < -0.39 is 0 Å². The number of hydrogen-bond acceptors (Lipinski definition) is 5. The van der Waals surface area contributed by atoms with Crippen molar-refractivity contribution in [2.75, 3.05) is 13.2 Å². The maximum Gasteiger partial charge on any atom is 0.318 e. The fourth-order valence-electron chi connectivity index (χ4n) is 3.72. The van der Waals surface area contributed by atoms with Gasteiger partial charge in [-0.3, -0.25) is 0 Å². The number of rotatable bonds is 7. The standard InChI is InChI=1S/C24H28N4O3/c1-17-8-10-19(11-9-17)16-25-24(29)28-13-4-7-21(28)23-26-22(27-31-23)12-14-30-20-6-3-5-18(2)15-20/h3,5-6,8-11,15,21H,4,7,12-14,16H2,1-2H3,(H,25,29). The van der Waals surface area contributed by atoms with Gasteiger partial charge >= 0.3 is 6.03 Å². The number of aryl methyl sites for hydroxylation is 2. The van der Waals surface area contributed by atoms with Gasteiger partial charge in [0, 0.05) is 19.5 Å². The number of likely N-dealkylation sites (tertiary alicyclic amines) is 1. The average molecular weight is 421 g/mol. The summed E-state index contributed by atoms with van der Waals surface area (Å²) in [5, 5.41) is 7.08. The maximum absolute atomic E-state index is 12.7. The first-order valence-electron chi connectivity index (χ1n) is 10.7. The minimum absolute atomic E-state index is 0.106. The molecule has 1 unspecified atom stereocenters. The molecule has 1 saturated heterocycles. The molecule has 0 spiro atoms. The van der Waals surface area contributed by atoms with Gasteiger partial charge in [-0.2, -0.15) is 4.98 Å². The molecular formula is C24H28N4O3. The van der Waals surface area contributed by atoms with Crippen LogP contribution < -0.4 is 10.1 Å². The van der Waals surface area contributed by atoms with Gasteiger partial charge in [0.2, 0.25) is 5.89 Å². The fraction of sp³-hybridized carbons (Fsp3) is 0.375. The second-order valence-electron chi connectivity index (χ2n) is 7.96. The van der Waals surface area contributed by atoms with E-state index in [1.54, 1.807) is 4.90 Å². The summed E-state index contributed by atoms with van der Waals surface area (Å²) in [5.74, 6) is 1.92. The lowest BCUT2D eigenvalue weighted by atomic mass is 10.1. The summed E-state index contributed by atoms with van der Waals surface area (Å²) in [6, 6.07) is 15.8. The van der Waals surface area contributed by atoms with Crippen molar-refractivity contribution < 1.29 is 14.1 Å². The SMILES string of the molecule is Cc1ccc(CNC(=O)N2CCCC2c2nc(CCOc3cccc(C)c3)no2)cc1. The summed E-state index contributed by atoms with van der Waals surface area (Å²) in [7, 11) is 0. The Morgan fingerprint density at radius 2 is 2.03 bits per heavy atom. The number of nitrogens with one attached hydrogen (secondary N) is 1. The third-order valence-corrected chi connectivity index (χ3v) is 5.43. The molecule has 0 bridgehead atoms. The molecule has 1 aliphatic heterocycles. The van der Waals surface area contributed by atoms with Crippen LogP contribution in [0.5, 0.6) is 5.75 Å². The molecule has 4 rings (SSSR count). The van der Waals surface area contributed by atoms with E-state index in [1.807, 2.05) is 62.4 Å². The van der Waals surface area contributed by atoms with Gasteiger partial charge in [0.1, 0.15) is 11.8 Å². The Labute approximate surface area is 182 Å². The highest BCUT2D eigenvalue weighted by Gasteiger charge is 2.34. The minimum Gasteiger partial charge on any atom is -0.493 e. The normalized spacial score (nSPS) is 15.8. The van der Waals surface area contributed by atoms with Crippen LogP contribution in [0.4, 0.5) is 4.79 Å². The Morgan fingerprint density at radius 1 is 1.19 bits per heavy atom. The molecule has 2 heterocycles. The van der Waals surface area contributed by atoms with Crippen LogP contribution in [-0.4, -0.2) is 34.2 Å². The molecule has 1 aliphatic rings. The van der Waals surface area contributed by atoms with Crippen LogP contribution >= 0.6 is 0 Å². The summed E-state index contributed by atoms with van der Waals surface area (Å²) in [4.78, 5) is 19.0. The molecule has 1 N–H and O–H groups in total. The van der Waals surface area contributed by atoms with Gasteiger partial charge in [0.15, 0.2) is 5.82 Å². The summed E-state index contributed by atoms with van der Waals surface area (Å²) in [6.07, 6.45) is 2.28. The van der Waals surface area contributed by atoms with Crippen LogP contribution in [-0.2, 0) is 13.0 Å². The van der Waals surface area contributed by atoms with Crippen molar-refractivity contribution in [3.63, 3.8) is 0 Å². The zero-order valence-corrected chi connectivity index (χ0v) is 18.0. The van der Waals surface area contributed by atoms with Crippen molar-refractivity contribution in [2.24, 2.45) is 0 Å². The first-order valence-corrected chi connectivity index (χ1v) is 10.7. The molecule has 2 aromatic carbocycles. The number of nitrogens with zero attached hydrogens (tertiary/aromatic N) is 3. The monoisotopic (exact) mass is 420 g/mol. The van der Waals surface area contributed by atoms with Crippen molar-refractivity contribution in [1.29, 1.82) is 0 Å². The van der Waals surface area contributed by atoms with Crippen molar-refractivity contribution in [3.05, 3.63) is 76.9 Å². The summed E-state index contributed by atoms with van der Waals surface area (Å²) in [5.41, 5.74) is 3.43. The molecule has 1 fully saturated rings. The first kappa shape index (κ1) is 20.9. The van der Waals surface area contributed by atoms with Crippen LogP contribution in [0.15, 0.2) is 53.1 Å². The molecule has 31 heavy (non-hydrogen) atoms. The highest BCUT2D eigenvalue weighted by molar-refractivity contribution is 5.75. The molecule has 7 nitrogen and oxygen atoms in total. The van der Waals surface area contributed by atoms with Gasteiger partial charge in [-0.25, -0.2) is 4.79 Å². The Morgan fingerprint density at radius 3 is 2.84 bits per heavy atom.